The maximum Gasteiger partial charge on any atom is 0.326 e. The topological polar surface area (TPSA) is 268 Å². The average Bonchev–Trinajstić information content (AvgIpc) is 2.65. The predicted octanol–water partition coefficient (Wildman–Crippen LogP) is -3.91. The molecule has 15 nitrogen and oxygen atoms in total. The van der Waals surface area contributed by atoms with E-state index in [0.29, 0.717) is 0 Å². The van der Waals surface area contributed by atoms with E-state index in [2.05, 4.69) is 5.32 Å². The average molecular weight is 447 g/mol. The number of rotatable bonds is 15. The Morgan fingerprint density at radius 3 is 1.87 bits per heavy atom. The van der Waals surface area contributed by atoms with Crippen LogP contribution in [0.2, 0.25) is 0 Å². The number of hydrogen-bond acceptors (Lipinski definition) is 8. The van der Waals surface area contributed by atoms with E-state index in [4.69, 9.17) is 26.8 Å². The van der Waals surface area contributed by atoms with E-state index in [9.17, 15) is 33.6 Å². The van der Waals surface area contributed by atoms with Gasteiger partial charge in [-0.25, -0.2) is 4.79 Å². The van der Waals surface area contributed by atoms with Gasteiger partial charge in [0.25, 0.3) is 0 Å². The Bertz CT molecular complexity index is 726. The molecule has 31 heavy (non-hydrogen) atoms. The summed E-state index contributed by atoms with van der Waals surface area (Å²) in [5.74, 6) is -7.93. The van der Waals surface area contributed by atoms with Crippen molar-refractivity contribution in [1.29, 1.82) is 0 Å². The molecule has 0 saturated carbocycles. The maximum atomic E-state index is 12.2. The Balaban J connectivity index is 4.90. The summed E-state index contributed by atoms with van der Waals surface area (Å²) in [7, 11) is 0. The predicted molar refractivity (Wildman–Crippen MR) is 100 cm³/mol. The van der Waals surface area contributed by atoms with Crippen LogP contribution >= 0.6 is 0 Å². The standard InChI is InChI=1S/C16H25N5O10/c17-7(1-4-12(24)25)14(28)19-6-11(23)20-9(5-13(26)27)15(29)21-8(16(30)31)2-3-10(18)22/h7-9H,1-6,17H2,(H2,18,22)(H,19,28)(H,20,23)(H,21,29)(H,24,25)(H,26,27)(H,30,31). The van der Waals surface area contributed by atoms with Gasteiger partial charge in [-0.2, -0.15) is 0 Å². The molecule has 174 valence electrons. The zero-order chi connectivity index (χ0) is 24.1. The Hall–Kier alpha value is -3.75. The molecule has 0 aromatic carbocycles. The molecule has 0 aromatic heterocycles. The summed E-state index contributed by atoms with van der Waals surface area (Å²) in [6.07, 6.45) is -2.17. The lowest BCUT2D eigenvalue weighted by Crippen LogP contribution is -2.54. The second-order valence-electron chi connectivity index (χ2n) is 6.38. The molecule has 0 aromatic rings. The number of primary amides is 1. The van der Waals surface area contributed by atoms with E-state index in [0.717, 1.165) is 0 Å². The fourth-order valence-electron chi connectivity index (χ4n) is 2.15. The van der Waals surface area contributed by atoms with Crippen LogP contribution in [0.1, 0.15) is 32.1 Å². The number of nitrogens with two attached hydrogens (primary N) is 2. The third kappa shape index (κ3) is 12.4. The Labute approximate surface area is 175 Å². The van der Waals surface area contributed by atoms with Gasteiger partial charge in [-0.05, 0) is 12.8 Å². The fraction of sp³-hybridized carbons (Fsp3) is 0.562. The van der Waals surface area contributed by atoms with Gasteiger partial charge in [0.1, 0.15) is 12.1 Å². The lowest BCUT2D eigenvalue weighted by molar-refractivity contribution is -0.143. The van der Waals surface area contributed by atoms with Crippen LogP contribution in [0.15, 0.2) is 0 Å². The molecule has 0 fully saturated rings. The fourth-order valence-corrected chi connectivity index (χ4v) is 2.15. The first kappa shape index (κ1) is 27.2. The highest BCUT2D eigenvalue weighted by Crippen LogP contribution is 2.01. The van der Waals surface area contributed by atoms with E-state index in [1.165, 1.54) is 0 Å². The van der Waals surface area contributed by atoms with Crippen LogP contribution in [0.4, 0.5) is 0 Å². The molecule has 3 unspecified atom stereocenters. The van der Waals surface area contributed by atoms with E-state index in [1.807, 2.05) is 10.6 Å². The van der Waals surface area contributed by atoms with Gasteiger partial charge in [0.2, 0.25) is 23.6 Å². The van der Waals surface area contributed by atoms with Gasteiger partial charge in [0, 0.05) is 12.8 Å². The third-order valence-corrected chi connectivity index (χ3v) is 3.75. The number of carboxylic acid groups (broad SMARTS) is 3. The van der Waals surface area contributed by atoms with Crippen LogP contribution in [0.5, 0.6) is 0 Å². The molecule has 3 atom stereocenters. The second-order valence-corrected chi connectivity index (χ2v) is 6.38. The minimum atomic E-state index is -1.68. The van der Waals surface area contributed by atoms with Crippen molar-refractivity contribution in [1.82, 2.24) is 16.0 Å². The molecule has 4 amide bonds. The Morgan fingerprint density at radius 1 is 0.774 bits per heavy atom. The molecule has 0 bridgehead atoms. The van der Waals surface area contributed by atoms with Crippen molar-refractivity contribution >= 4 is 41.5 Å². The third-order valence-electron chi connectivity index (χ3n) is 3.75. The second kappa shape index (κ2) is 13.5. The van der Waals surface area contributed by atoms with Crippen molar-refractivity contribution in [2.75, 3.05) is 6.54 Å². The summed E-state index contributed by atoms with van der Waals surface area (Å²) >= 11 is 0. The molecule has 0 heterocycles. The largest absolute Gasteiger partial charge is 0.481 e. The molecule has 0 saturated heterocycles. The van der Waals surface area contributed by atoms with Crippen LogP contribution in [-0.2, 0) is 33.6 Å². The quantitative estimate of drug-likeness (QED) is 0.120. The van der Waals surface area contributed by atoms with Gasteiger partial charge >= 0.3 is 17.9 Å². The van der Waals surface area contributed by atoms with Crippen molar-refractivity contribution in [3.63, 3.8) is 0 Å². The first-order chi connectivity index (χ1) is 14.3. The Morgan fingerprint density at radius 2 is 1.39 bits per heavy atom. The van der Waals surface area contributed by atoms with Crippen molar-refractivity contribution in [3.8, 4) is 0 Å². The molecular weight excluding hydrogens is 422 g/mol. The summed E-state index contributed by atoms with van der Waals surface area (Å²) in [4.78, 5) is 79.3. The molecular formula is C16H25N5O10. The summed E-state index contributed by atoms with van der Waals surface area (Å²) in [5, 5.41) is 32.7. The normalized spacial score (nSPS) is 13.2. The van der Waals surface area contributed by atoms with E-state index >= 15 is 0 Å². The smallest absolute Gasteiger partial charge is 0.326 e. The molecule has 15 heteroatoms. The minimum absolute atomic E-state index is 0.186. The zero-order valence-electron chi connectivity index (χ0n) is 16.3. The van der Waals surface area contributed by atoms with Crippen LogP contribution in [0.3, 0.4) is 0 Å². The number of carboxylic acids is 3. The summed E-state index contributed by atoms with van der Waals surface area (Å²) in [6.45, 7) is -0.701. The van der Waals surface area contributed by atoms with Gasteiger partial charge in [-0.1, -0.05) is 0 Å². The van der Waals surface area contributed by atoms with Gasteiger partial charge < -0.3 is 42.7 Å². The van der Waals surface area contributed by atoms with Gasteiger partial charge in [-0.15, -0.1) is 0 Å². The lowest BCUT2D eigenvalue weighted by atomic mass is 10.1. The van der Waals surface area contributed by atoms with Crippen LogP contribution in [-0.4, -0.2) is 81.5 Å². The summed E-state index contributed by atoms with van der Waals surface area (Å²) in [6, 6.07) is -4.44. The SMILES string of the molecule is NC(=O)CCC(NC(=O)C(CC(=O)O)NC(=O)CNC(=O)C(N)CCC(=O)O)C(=O)O. The first-order valence-corrected chi connectivity index (χ1v) is 8.91. The first-order valence-electron chi connectivity index (χ1n) is 8.91. The zero-order valence-corrected chi connectivity index (χ0v) is 16.3. The number of nitrogens with one attached hydrogen (secondary N) is 3. The van der Waals surface area contributed by atoms with Gasteiger partial charge in [0.05, 0.1) is 19.0 Å². The van der Waals surface area contributed by atoms with Crippen molar-refractivity contribution in [2.45, 2.75) is 50.2 Å². The van der Waals surface area contributed by atoms with Gasteiger partial charge in [0.15, 0.2) is 0 Å². The van der Waals surface area contributed by atoms with Gasteiger partial charge in [-0.3, -0.25) is 28.8 Å². The molecule has 0 aliphatic heterocycles. The molecule has 0 aliphatic rings. The lowest BCUT2D eigenvalue weighted by Gasteiger charge is -2.20. The van der Waals surface area contributed by atoms with Crippen molar-refractivity contribution in [2.24, 2.45) is 11.5 Å². The number of aliphatic carboxylic acids is 3. The van der Waals surface area contributed by atoms with Crippen LogP contribution in [0, 0.1) is 0 Å². The van der Waals surface area contributed by atoms with Crippen molar-refractivity contribution < 1.29 is 48.9 Å². The van der Waals surface area contributed by atoms with Crippen molar-refractivity contribution in [3.05, 3.63) is 0 Å². The summed E-state index contributed by atoms with van der Waals surface area (Å²) < 4.78 is 0. The molecule has 0 aliphatic carbocycles. The van der Waals surface area contributed by atoms with E-state index in [-0.39, 0.29) is 25.7 Å². The number of carbonyl (C=O) groups is 7. The molecule has 0 spiro atoms. The molecule has 10 N–H and O–H groups in total. The van der Waals surface area contributed by atoms with Crippen LogP contribution < -0.4 is 27.4 Å². The van der Waals surface area contributed by atoms with E-state index < -0.39 is 72.6 Å². The molecule has 0 radical (unpaired) electrons. The highest BCUT2D eigenvalue weighted by atomic mass is 16.4. The number of carbonyl (C=O) groups excluding carboxylic acids is 4. The maximum absolute atomic E-state index is 12.2. The molecule has 0 rings (SSSR count). The Kier molecular flexibility index (Phi) is 11.8. The highest BCUT2D eigenvalue weighted by molar-refractivity contribution is 5.94. The number of hydrogen-bond donors (Lipinski definition) is 8. The van der Waals surface area contributed by atoms with E-state index in [1.54, 1.807) is 0 Å². The minimum Gasteiger partial charge on any atom is -0.481 e. The number of amides is 4. The summed E-state index contributed by atoms with van der Waals surface area (Å²) in [5.41, 5.74) is 10.4. The van der Waals surface area contributed by atoms with Crippen LogP contribution in [0.25, 0.3) is 0 Å². The highest BCUT2D eigenvalue weighted by Gasteiger charge is 2.28. The monoisotopic (exact) mass is 447 g/mol.